The number of pyridine rings is 1. The van der Waals surface area contributed by atoms with Crippen LogP contribution in [0.3, 0.4) is 0 Å². The lowest BCUT2D eigenvalue weighted by Gasteiger charge is -2.34. The summed E-state index contributed by atoms with van der Waals surface area (Å²) in [6.07, 6.45) is 3.50. The average Bonchev–Trinajstić information content (AvgIpc) is 3.32. The summed E-state index contributed by atoms with van der Waals surface area (Å²) in [5, 5.41) is 9.66. The van der Waals surface area contributed by atoms with Gasteiger partial charge in [0.25, 0.3) is 0 Å². The van der Waals surface area contributed by atoms with Gasteiger partial charge in [-0.3, -0.25) is 19.2 Å². The van der Waals surface area contributed by atoms with Crippen molar-refractivity contribution in [3.63, 3.8) is 0 Å². The fourth-order valence-corrected chi connectivity index (χ4v) is 5.37. The van der Waals surface area contributed by atoms with Gasteiger partial charge in [-0.15, -0.1) is 10.2 Å². The molecule has 7 nitrogen and oxygen atoms in total. The van der Waals surface area contributed by atoms with Crippen LogP contribution in [0.15, 0.2) is 78.2 Å². The highest BCUT2D eigenvalue weighted by Gasteiger charge is 2.23. The van der Waals surface area contributed by atoms with E-state index >= 15 is 0 Å². The number of amides is 1. The van der Waals surface area contributed by atoms with Crippen LogP contribution in [-0.2, 0) is 11.3 Å². The van der Waals surface area contributed by atoms with Gasteiger partial charge >= 0.3 is 0 Å². The molecule has 1 aliphatic heterocycles. The number of rotatable bonds is 7. The van der Waals surface area contributed by atoms with Crippen LogP contribution >= 0.6 is 11.8 Å². The van der Waals surface area contributed by atoms with E-state index in [1.807, 2.05) is 33.7 Å². The van der Waals surface area contributed by atoms with E-state index in [9.17, 15) is 4.79 Å². The van der Waals surface area contributed by atoms with Crippen molar-refractivity contribution in [1.82, 2.24) is 29.5 Å². The van der Waals surface area contributed by atoms with Gasteiger partial charge in [0.2, 0.25) is 5.91 Å². The molecule has 0 saturated carbocycles. The molecule has 4 aromatic rings. The zero-order valence-electron chi connectivity index (χ0n) is 20.7. The summed E-state index contributed by atoms with van der Waals surface area (Å²) in [7, 11) is 0. The van der Waals surface area contributed by atoms with Crippen molar-refractivity contribution >= 4 is 17.7 Å². The van der Waals surface area contributed by atoms with Crippen molar-refractivity contribution in [3.8, 4) is 17.1 Å². The first-order valence-electron chi connectivity index (χ1n) is 12.2. The van der Waals surface area contributed by atoms with Crippen molar-refractivity contribution in [2.24, 2.45) is 0 Å². The van der Waals surface area contributed by atoms with E-state index in [0.29, 0.717) is 10.9 Å². The third kappa shape index (κ3) is 5.50. The number of carbonyl (C=O) groups excluding carboxylic acids is 1. The van der Waals surface area contributed by atoms with Gasteiger partial charge in [0.1, 0.15) is 0 Å². The summed E-state index contributed by atoms with van der Waals surface area (Å²) in [6, 6.07) is 20.6. The molecule has 1 amide bonds. The Morgan fingerprint density at radius 2 is 1.69 bits per heavy atom. The Balaban J connectivity index is 1.25. The Morgan fingerprint density at radius 3 is 2.44 bits per heavy atom. The highest BCUT2D eigenvalue weighted by molar-refractivity contribution is 7.99. The molecule has 1 aliphatic rings. The molecule has 184 valence electrons. The Morgan fingerprint density at radius 1 is 0.917 bits per heavy atom. The second-order valence-electron chi connectivity index (χ2n) is 9.10. The molecule has 5 rings (SSSR count). The number of carbonyl (C=O) groups is 1. The average molecular weight is 499 g/mol. The molecule has 0 N–H and O–H groups in total. The van der Waals surface area contributed by atoms with Crippen LogP contribution in [0.4, 0.5) is 0 Å². The maximum absolute atomic E-state index is 13.1. The van der Waals surface area contributed by atoms with E-state index in [1.54, 1.807) is 12.4 Å². The zero-order chi connectivity index (χ0) is 24.9. The van der Waals surface area contributed by atoms with Crippen molar-refractivity contribution in [2.75, 3.05) is 31.9 Å². The van der Waals surface area contributed by atoms with Crippen LogP contribution in [0.2, 0.25) is 0 Å². The topological polar surface area (TPSA) is 67.2 Å². The van der Waals surface area contributed by atoms with Crippen molar-refractivity contribution < 1.29 is 4.79 Å². The third-order valence-corrected chi connectivity index (χ3v) is 7.38. The van der Waals surface area contributed by atoms with Gasteiger partial charge in [0.15, 0.2) is 11.0 Å². The maximum atomic E-state index is 13.1. The number of nitrogens with zero attached hydrogens (tertiary/aromatic N) is 6. The molecule has 0 bridgehead atoms. The van der Waals surface area contributed by atoms with E-state index < -0.39 is 0 Å². The van der Waals surface area contributed by atoms with Gasteiger partial charge in [-0.1, -0.05) is 59.8 Å². The molecule has 0 spiro atoms. The lowest BCUT2D eigenvalue weighted by molar-refractivity contribution is -0.130. The number of piperazine rings is 1. The molecule has 3 heterocycles. The first-order valence-corrected chi connectivity index (χ1v) is 13.2. The molecule has 36 heavy (non-hydrogen) atoms. The summed E-state index contributed by atoms with van der Waals surface area (Å²) >= 11 is 1.44. The van der Waals surface area contributed by atoms with Gasteiger partial charge in [-0.05, 0) is 43.2 Å². The third-order valence-electron chi connectivity index (χ3n) is 6.47. The Labute approximate surface area is 216 Å². The van der Waals surface area contributed by atoms with Gasteiger partial charge in [0, 0.05) is 50.7 Å². The molecule has 0 atom stereocenters. The van der Waals surface area contributed by atoms with E-state index in [4.69, 9.17) is 0 Å². The van der Waals surface area contributed by atoms with E-state index in [1.165, 1.54) is 22.9 Å². The largest absolute Gasteiger partial charge is 0.339 e. The summed E-state index contributed by atoms with van der Waals surface area (Å²) in [5.74, 6) is 1.21. The summed E-state index contributed by atoms with van der Waals surface area (Å²) in [6.45, 7) is 8.39. The number of para-hydroxylation sites is 1. The molecule has 2 aromatic heterocycles. The van der Waals surface area contributed by atoms with Crippen LogP contribution in [0.1, 0.15) is 16.7 Å². The minimum Gasteiger partial charge on any atom is -0.339 e. The second kappa shape index (κ2) is 11.1. The van der Waals surface area contributed by atoms with Crippen LogP contribution in [0.25, 0.3) is 17.1 Å². The first kappa shape index (κ1) is 24.2. The second-order valence-corrected chi connectivity index (χ2v) is 10.0. The van der Waals surface area contributed by atoms with Gasteiger partial charge in [-0.25, -0.2) is 0 Å². The number of thioether (sulfide) groups is 1. The van der Waals surface area contributed by atoms with E-state index in [2.05, 4.69) is 70.3 Å². The fourth-order valence-electron chi connectivity index (χ4n) is 4.52. The predicted molar refractivity (Wildman–Crippen MR) is 143 cm³/mol. The monoisotopic (exact) mass is 498 g/mol. The molecular formula is C28H30N6OS. The Bertz CT molecular complexity index is 1330. The minimum atomic E-state index is 0.139. The molecule has 0 aliphatic carbocycles. The first-order chi connectivity index (χ1) is 17.6. The summed E-state index contributed by atoms with van der Waals surface area (Å²) in [5.41, 5.74) is 5.66. The molecule has 8 heteroatoms. The normalized spacial score (nSPS) is 14.2. The smallest absolute Gasteiger partial charge is 0.233 e. The van der Waals surface area contributed by atoms with E-state index in [-0.39, 0.29) is 5.91 Å². The standard InChI is InChI=1S/C28H30N6OS/c1-21-6-5-8-23(18-21)19-32-14-16-33(17-15-32)26(35)20-36-28-31-30-27(24-10-12-29-13-11-24)34(28)25-9-4-3-7-22(25)2/h3-13,18H,14-17,19-20H2,1-2H3. The highest BCUT2D eigenvalue weighted by Crippen LogP contribution is 2.29. The van der Waals surface area contributed by atoms with Crippen LogP contribution in [-0.4, -0.2) is 67.4 Å². The van der Waals surface area contributed by atoms with Crippen LogP contribution in [0, 0.1) is 13.8 Å². The van der Waals surface area contributed by atoms with Crippen molar-refractivity contribution in [1.29, 1.82) is 0 Å². The SMILES string of the molecule is Cc1cccc(CN2CCN(C(=O)CSc3nnc(-c4ccncc4)n3-c3ccccc3C)CC2)c1. The highest BCUT2D eigenvalue weighted by atomic mass is 32.2. The van der Waals surface area contributed by atoms with E-state index in [0.717, 1.165) is 55.4 Å². The van der Waals surface area contributed by atoms with Gasteiger partial charge in [-0.2, -0.15) is 0 Å². The van der Waals surface area contributed by atoms with Crippen LogP contribution in [0.5, 0.6) is 0 Å². The van der Waals surface area contributed by atoms with Crippen LogP contribution < -0.4 is 0 Å². The number of aromatic nitrogens is 4. The zero-order valence-corrected chi connectivity index (χ0v) is 21.5. The Kier molecular flexibility index (Phi) is 7.44. The van der Waals surface area contributed by atoms with Gasteiger partial charge in [0.05, 0.1) is 11.4 Å². The Hall–Kier alpha value is -3.49. The summed E-state index contributed by atoms with van der Waals surface area (Å²) < 4.78 is 2.04. The molecule has 1 saturated heterocycles. The number of benzene rings is 2. The maximum Gasteiger partial charge on any atom is 0.233 e. The predicted octanol–water partition coefficient (Wildman–Crippen LogP) is 4.38. The number of hydrogen-bond donors (Lipinski definition) is 0. The minimum absolute atomic E-state index is 0.139. The summed E-state index contributed by atoms with van der Waals surface area (Å²) in [4.78, 5) is 21.6. The van der Waals surface area contributed by atoms with Crippen molar-refractivity contribution in [3.05, 3.63) is 89.7 Å². The quantitative estimate of drug-likeness (QED) is 0.352. The fraction of sp³-hybridized carbons (Fsp3) is 0.286. The number of aryl methyl sites for hydroxylation is 2. The van der Waals surface area contributed by atoms with Crippen molar-refractivity contribution in [2.45, 2.75) is 25.5 Å². The number of hydrogen-bond acceptors (Lipinski definition) is 6. The molecule has 0 unspecified atom stereocenters. The molecule has 0 radical (unpaired) electrons. The van der Waals surface area contributed by atoms with Gasteiger partial charge < -0.3 is 4.90 Å². The molecule has 2 aromatic carbocycles. The molecule has 1 fully saturated rings. The molecular weight excluding hydrogens is 468 g/mol. The lowest BCUT2D eigenvalue weighted by atomic mass is 10.1. The lowest BCUT2D eigenvalue weighted by Crippen LogP contribution is -2.48.